The van der Waals surface area contributed by atoms with Crippen molar-refractivity contribution in [1.82, 2.24) is 19.5 Å². The third-order valence-electron chi connectivity index (χ3n) is 3.91. The van der Waals surface area contributed by atoms with Crippen LogP contribution in [0.25, 0.3) is 5.65 Å². The van der Waals surface area contributed by atoms with Gasteiger partial charge in [-0.1, -0.05) is 11.2 Å². The van der Waals surface area contributed by atoms with Crippen LogP contribution >= 0.6 is 12.4 Å². The maximum absolute atomic E-state index is 6.19. The van der Waals surface area contributed by atoms with Crippen LogP contribution in [0, 0.1) is 0 Å². The Bertz CT molecular complexity index is 728. The number of fused-ring (bicyclic) bond motifs is 1. The van der Waals surface area contributed by atoms with Crippen molar-refractivity contribution in [2.24, 2.45) is 5.73 Å². The van der Waals surface area contributed by atoms with Crippen LogP contribution in [0.3, 0.4) is 0 Å². The number of hydrogen-bond donors (Lipinski definition) is 1. The number of rotatable bonds is 3. The summed E-state index contributed by atoms with van der Waals surface area (Å²) in [4.78, 5) is 8.93. The molecule has 0 spiro atoms. The van der Waals surface area contributed by atoms with E-state index >= 15 is 0 Å². The summed E-state index contributed by atoms with van der Waals surface area (Å²) in [6.45, 7) is 0. The zero-order chi connectivity index (χ0) is 13.6. The Balaban J connectivity index is 0.00000132. The van der Waals surface area contributed by atoms with Crippen LogP contribution in [-0.2, 0) is 12.0 Å². The van der Waals surface area contributed by atoms with Crippen molar-refractivity contribution in [3.8, 4) is 0 Å². The predicted octanol–water partition coefficient (Wildman–Crippen LogP) is 2.07. The number of hydrogen-bond acceptors (Lipinski definition) is 5. The smallest absolute Gasteiger partial charge is 0.232 e. The normalized spacial score (nSPS) is 16.4. The molecule has 1 aliphatic carbocycles. The van der Waals surface area contributed by atoms with E-state index in [1.807, 2.05) is 35.0 Å². The fourth-order valence-corrected chi connectivity index (χ4v) is 2.54. The first kappa shape index (κ1) is 14.0. The Kier molecular flexibility index (Phi) is 3.43. The molecule has 0 unspecified atom stereocenters. The number of aromatic nitrogens is 4. The minimum absolute atomic E-state index is 0. The van der Waals surface area contributed by atoms with Gasteiger partial charge in [-0.25, -0.2) is 4.98 Å². The highest BCUT2D eigenvalue weighted by atomic mass is 35.5. The largest absolute Gasteiger partial charge is 0.339 e. The second-order valence-corrected chi connectivity index (χ2v) is 5.40. The zero-order valence-corrected chi connectivity index (χ0v) is 12.2. The summed E-state index contributed by atoms with van der Waals surface area (Å²) in [5, 5.41) is 4.01. The molecule has 3 aromatic rings. The molecule has 0 amide bonds. The summed E-state index contributed by atoms with van der Waals surface area (Å²) >= 11 is 0. The van der Waals surface area contributed by atoms with E-state index in [9.17, 15) is 0 Å². The molecule has 4 rings (SSSR count). The Morgan fingerprint density at radius 3 is 2.86 bits per heavy atom. The van der Waals surface area contributed by atoms with Gasteiger partial charge in [-0.2, -0.15) is 4.98 Å². The second kappa shape index (κ2) is 5.13. The highest BCUT2D eigenvalue weighted by Gasteiger charge is 2.38. The molecule has 6 nitrogen and oxygen atoms in total. The molecule has 7 heteroatoms. The molecule has 0 radical (unpaired) electrons. The monoisotopic (exact) mass is 305 g/mol. The molecule has 2 N–H and O–H groups in total. The molecule has 1 saturated carbocycles. The van der Waals surface area contributed by atoms with Crippen LogP contribution in [0.4, 0.5) is 0 Å². The second-order valence-electron chi connectivity index (χ2n) is 5.40. The van der Waals surface area contributed by atoms with Crippen LogP contribution in [0.5, 0.6) is 0 Å². The summed E-state index contributed by atoms with van der Waals surface area (Å²) in [6.07, 6.45) is 7.47. The fourth-order valence-electron chi connectivity index (χ4n) is 2.54. The summed E-state index contributed by atoms with van der Waals surface area (Å²) in [7, 11) is 0. The first-order valence-electron chi connectivity index (χ1n) is 6.77. The van der Waals surface area contributed by atoms with Crippen LogP contribution in [0.15, 0.2) is 35.1 Å². The number of pyridine rings is 1. The standard InChI is InChI=1S/C14H15N5O.ClH/c15-14(5-3-6-14)13-17-12(20-18-13)8-10-9-19-7-2-1-4-11(19)16-10;/h1-2,4,7,9H,3,5-6,8,15H2;1H. The molecule has 0 aromatic carbocycles. The molecule has 1 aliphatic rings. The average Bonchev–Trinajstić information content (AvgIpc) is 3.02. The topological polar surface area (TPSA) is 82.2 Å². The quantitative estimate of drug-likeness (QED) is 0.801. The number of nitrogens with two attached hydrogens (primary N) is 1. The third kappa shape index (κ3) is 2.41. The SMILES string of the molecule is Cl.NC1(c2noc(Cc3cn4ccccc4n3)n2)CCC1. The van der Waals surface area contributed by atoms with E-state index in [0.717, 1.165) is 30.6 Å². The lowest BCUT2D eigenvalue weighted by Gasteiger charge is -2.34. The molecule has 21 heavy (non-hydrogen) atoms. The lowest BCUT2D eigenvalue weighted by molar-refractivity contribution is 0.229. The van der Waals surface area contributed by atoms with E-state index in [1.165, 1.54) is 0 Å². The number of halogens is 1. The van der Waals surface area contributed by atoms with E-state index in [2.05, 4.69) is 15.1 Å². The summed E-state index contributed by atoms with van der Waals surface area (Å²) in [5.41, 5.74) is 7.63. The maximum atomic E-state index is 6.19. The molecule has 0 atom stereocenters. The maximum Gasteiger partial charge on any atom is 0.232 e. The van der Waals surface area contributed by atoms with Crippen molar-refractivity contribution in [3.63, 3.8) is 0 Å². The molecule has 110 valence electrons. The first-order valence-corrected chi connectivity index (χ1v) is 6.77. The molecular weight excluding hydrogens is 290 g/mol. The van der Waals surface area contributed by atoms with Gasteiger partial charge in [0, 0.05) is 12.4 Å². The van der Waals surface area contributed by atoms with Gasteiger partial charge in [-0.05, 0) is 31.4 Å². The average molecular weight is 306 g/mol. The van der Waals surface area contributed by atoms with Gasteiger partial charge in [0.25, 0.3) is 0 Å². The van der Waals surface area contributed by atoms with E-state index < -0.39 is 0 Å². The van der Waals surface area contributed by atoms with Crippen LogP contribution in [-0.4, -0.2) is 19.5 Å². The Hall–Kier alpha value is -1.92. The highest BCUT2D eigenvalue weighted by molar-refractivity contribution is 5.85. The van der Waals surface area contributed by atoms with Crippen molar-refractivity contribution in [2.45, 2.75) is 31.2 Å². The molecule has 0 bridgehead atoms. The Morgan fingerprint density at radius 2 is 2.14 bits per heavy atom. The molecule has 0 saturated heterocycles. The van der Waals surface area contributed by atoms with Crippen LogP contribution < -0.4 is 5.73 Å². The van der Waals surface area contributed by atoms with Crippen molar-refractivity contribution in [3.05, 3.63) is 48.0 Å². The van der Waals surface area contributed by atoms with Gasteiger partial charge in [0.1, 0.15) is 5.65 Å². The van der Waals surface area contributed by atoms with Gasteiger partial charge >= 0.3 is 0 Å². The lowest BCUT2D eigenvalue weighted by atomic mass is 9.77. The molecule has 3 heterocycles. The molecule has 3 aromatic heterocycles. The van der Waals surface area contributed by atoms with Gasteiger partial charge in [-0.15, -0.1) is 12.4 Å². The van der Waals surface area contributed by atoms with Gasteiger partial charge < -0.3 is 14.7 Å². The van der Waals surface area contributed by atoms with Crippen molar-refractivity contribution < 1.29 is 4.52 Å². The highest BCUT2D eigenvalue weighted by Crippen LogP contribution is 2.36. The summed E-state index contributed by atoms with van der Waals surface area (Å²) in [5.74, 6) is 1.20. The van der Waals surface area contributed by atoms with E-state index in [-0.39, 0.29) is 17.9 Å². The minimum Gasteiger partial charge on any atom is -0.339 e. The van der Waals surface area contributed by atoms with E-state index in [4.69, 9.17) is 10.3 Å². The number of nitrogens with zero attached hydrogens (tertiary/aromatic N) is 4. The predicted molar refractivity (Wildman–Crippen MR) is 79.3 cm³/mol. The van der Waals surface area contributed by atoms with E-state index in [1.54, 1.807) is 0 Å². The molecule has 0 aliphatic heterocycles. The van der Waals surface area contributed by atoms with Gasteiger partial charge in [0.2, 0.25) is 5.89 Å². The third-order valence-corrected chi connectivity index (χ3v) is 3.91. The van der Waals surface area contributed by atoms with Gasteiger partial charge in [-0.3, -0.25) is 0 Å². The van der Waals surface area contributed by atoms with Crippen molar-refractivity contribution >= 4 is 18.1 Å². The fraction of sp³-hybridized carbons (Fsp3) is 0.357. The zero-order valence-electron chi connectivity index (χ0n) is 11.4. The van der Waals surface area contributed by atoms with Crippen LogP contribution in [0.1, 0.15) is 36.7 Å². The van der Waals surface area contributed by atoms with Gasteiger partial charge in [0.05, 0.1) is 17.7 Å². The number of imidazole rings is 1. The van der Waals surface area contributed by atoms with Crippen LogP contribution in [0.2, 0.25) is 0 Å². The molecule has 1 fully saturated rings. The van der Waals surface area contributed by atoms with E-state index in [0.29, 0.717) is 18.1 Å². The Labute approximate surface area is 127 Å². The first-order chi connectivity index (χ1) is 9.73. The molecular formula is C14H16ClN5O. The minimum atomic E-state index is -0.374. The Morgan fingerprint density at radius 1 is 1.29 bits per heavy atom. The summed E-state index contributed by atoms with van der Waals surface area (Å²) in [6, 6.07) is 5.90. The lowest BCUT2D eigenvalue weighted by Crippen LogP contribution is -2.44. The van der Waals surface area contributed by atoms with Crippen molar-refractivity contribution in [2.75, 3.05) is 0 Å². The van der Waals surface area contributed by atoms with Crippen molar-refractivity contribution in [1.29, 1.82) is 0 Å². The summed E-state index contributed by atoms with van der Waals surface area (Å²) < 4.78 is 7.27. The van der Waals surface area contributed by atoms with Gasteiger partial charge in [0.15, 0.2) is 5.82 Å².